The van der Waals surface area contributed by atoms with Gasteiger partial charge in [0.25, 0.3) is 0 Å². The lowest BCUT2D eigenvalue weighted by atomic mass is 10.1. The molecule has 0 spiro atoms. The van der Waals surface area contributed by atoms with E-state index in [2.05, 4.69) is 5.32 Å². The molecule has 0 aliphatic carbocycles. The number of rotatable bonds is 1. The lowest BCUT2D eigenvalue weighted by molar-refractivity contribution is 0.240. The second kappa shape index (κ2) is 3.85. The van der Waals surface area contributed by atoms with Gasteiger partial charge < -0.3 is 10.4 Å². The van der Waals surface area contributed by atoms with Crippen molar-refractivity contribution in [2.75, 3.05) is 13.2 Å². The zero-order valence-electron chi connectivity index (χ0n) is 5.77. The maximum atomic E-state index is 8.75. The highest BCUT2D eigenvalue weighted by molar-refractivity contribution is 4.68. The molecule has 0 aromatic rings. The highest BCUT2D eigenvalue weighted by Crippen LogP contribution is 2.06. The van der Waals surface area contributed by atoms with Gasteiger partial charge in [-0.15, -0.1) is 0 Å². The number of hydrogen-bond donors (Lipinski definition) is 2. The molecule has 9 heavy (non-hydrogen) atoms. The van der Waals surface area contributed by atoms with Gasteiger partial charge >= 0.3 is 0 Å². The zero-order chi connectivity index (χ0) is 6.53. The van der Waals surface area contributed by atoms with E-state index >= 15 is 0 Å². The summed E-state index contributed by atoms with van der Waals surface area (Å²) in [5.74, 6) is 0. The minimum absolute atomic E-state index is 0.306. The van der Waals surface area contributed by atoms with Gasteiger partial charge in [-0.3, -0.25) is 0 Å². The molecule has 2 nitrogen and oxygen atoms in total. The van der Waals surface area contributed by atoms with E-state index in [9.17, 15) is 0 Å². The molecule has 1 aliphatic heterocycles. The topological polar surface area (TPSA) is 32.3 Å². The van der Waals surface area contributed by atoms with E-state index in [1.807, 2.05) is 0 Å². The third kappa shape index (κ3) is 2.33. The van der Waals surface area contributed by atoms with Crippen LogP contribution in [0.3, 0.4) is 0 Å². The van der Waals surface area contributed by atoms with Gasteiger partial charge in [-0.25, -0.2) is 0 Å². The SMILES string of the molecule is OC[C@H]1CCCCCN1. The van der Waals surface area contributed by atoms with Crippen LogP contribution in [0.4, 0.5) is 0 Å². The van der Waals surface area contributed by atoms with Crippen molar-refractivity contribution in [2.45, 2.75) is 31.7 Å². The summed E-state index contributed by atoms with van der Waals surface area (Å²) in [5.41, 5.74) is 0. The second-order valence-corrected chi connectivity index (χ2v) is 2.68. The molecule has 1 saturated heterocycles. The van der Waals surface area contributed by atoms with Gasteiger partial charge in [0, 0.05) is 6.04 Å². The zero-order valence-corrected chi connectivity index (χ0v) is 5.77. The number of aliphatic hydroxyl groups excluding tert-OH is 1. The van der Waals surface area contributed by atoms with Gasteiger partial charge in [0.2, 0.25) is 0 Å². The molecule has 0 unspecified atom stereocenters. The van der Waals surface area contributed by atoms with E-state index in [1.54, 1.807) is 0 Å². The molecular formula is C7H15NO. The highest BCUT2D eigenvalue weighted by atomic mass is 16.3. The molecule has 0 saturated carbocycles. The smallest absolute Gasteiger partial charge is 0.0584 e. The molecule has 1 aliphatic rings. The summed E-state index contributed by atoms with van der Waals surface area (Å²) in [4.78, 5) is 0. The summed E-state index contributed by atoms with van der Waals surface area (Å²) >= 11 is 0. The molecule has 1 fully saturated rings. The average Bonchev–Trinajstić information content (AvgIpc) is 2.13. The van der Waals surface area contributed by atoms with Crippen molar-refractivity contribution in [2.24, 2.45) is 0 Å². The molecule has 1 rings (SSSR count). The fraction of sp³-hybridized carbons (Fsp3) is 1.00. The van der Waals surface area contributed by atoms with Crippen LogP contribution in [-0.2, 0) is 0 Å². The number of nitrogens with one attached hydrogen (secondary N) is 1. The molecule has 0 radical (unpaired) electrons. The van der Waals surface area contributed by atoms with Crippen molar-refractivity contribution in [1.29, 1.82) is 0 Å². The van der Waals surface area contributed by atoms with Gasteiger partial charge in [0.05, 0.1) is 6.61 Å². The Labute approximate surface area is 56.3 Å². The third-order valence-electron chi connectivity index (χ3n) is 1.88. The van der Waals surface area contributed by atoms with Crippen LogP contribution >= 0.6 is 0 Å². The minimum Gasteiger partial charge on any atom is -0.395 e. The highest BCUT2D eigenvalue weighted by Gasteiger charge is 2.08. The minimum atomic E-state index is 0.306. The Balaban J connectivity index is 2.18. The van der Waals surface area contributed by atoms with E-state index in [0.717, 1.165) is 13.0 Å². The third-order valence-corrected chi connectivity index (χ3v) is 1.88. The van der Waals surface area contributed by atoms with Gasteiger partial charge in [-0.1, -0.05) is 12.8 Å². The summed E-state index contributed by atoms with van der Waals surface area (Å²) in [7, 11) is 0. The van der Waals surface area contributed by atoms with Crippen molar-refractivity contribution >= 4 is 0 Å². The van der Waals surface area contributed by atoms with Crippen LogP contribution in [0.1, 0.15) is 25.7 Å². The van der Waals surface area contributed by atoms with Crippen molar-refractivity contribution in [1.82, 2.24) is 5.32 Å². The first-order chi connectivity index (χ1) is 4.43. The molecule has 1 heterocycles. The van der Waals surface area contributed by atoms with E-state index in [-0.39, 0.29) is 0 Å². The van der Waals surface area contributed by atoms with Crippen LogP contribution in [0.25, 0.3) is 0 Å². The lowest BCUT2D eigenvalue weighted by Gasteiger charge is -2.10. The van der Waals surface area contributed by atoms with Gasteiger partial charge in [0.15, 0.2) is 0 Å². The molecule has 2 heteroatoms. The number of aliphatic hydroxyl groups is 1. The summed E-state index contributed by atoms with van der Waals surface area (Å²) in [6, 6.07) is 0.382. The van der Waals surface area contributed by atoms with Crippen molar-refractivity contribution in [3.05, 3.63) is 0 Å². The van der Waals surface area contributed by atoms with Crippen LogP contribution in [-0.4, -0.2) is 24.3 Å². The van der Waals surface area contributed by atoms with Gasteiger partial charge in [0.1, 0.15) is 0 Å². The molecule has 0 aromatic heterocycles. The quantitative estimate of drug-likeness (QED) is 0.540. The van der Waals surface area contributed by atoms with Crippen molar-refractivity contribution < 1.29 is 5.11 Å². The van der Waals surface area contributed by atoms with E-state index in [1.165, 1.54) is 19.3 Å². The molecule has 1 atom stereocenters. The van der Waals surface area contributed by atoms with Crippen molar-refractivity contribution in [3.8, 4) is 0 Å². The first-order valence-electron chi connectivity index (χ1n) is 3.77. The van der Waals surface area contributed by atoms with E-state index < -0.39 is 0 Å². The van der Waals surface area contributed by atoms with Gasteiger partial charge in [-0.2, -0.15) is 0 Å². The molecular weight excluding hydrogens is 114 g/mol. The second-order valence-electron chi connectivity index (χ2n) is 2.68. The largest absolute Gasteiger partial charge is 0.395 e. The summed E-state index contributed by atoms with van der Waals surface area (Å²) in [6.07, 6.45) is 5.02. The molecule has 2 N–H and O–H groups in total. The maximum absolute atomic E-state index is 8.75. The predicted octanol–water partition coefficient (Wildman–Crippen LogP) is 0.511. The lowest BCUT2D eigenvalue weighted by Crippen LogP contribution is -2.31. The van der Waals surface area contributed by atoms with E-state index in [4.69, 9.17) is 5.11 Å². The summed E-state index contributed by atoms with van der Waals surface area (Å²) in [5, 5.41) is 12.0. The van der Waals surface area contributed by atoms with Crippen LogP contribution < -0.4 is 5.32 Å². The Morgan fingerprint density at radius 3 is 3.00 bits per heavy atom. The first-order valence-corrected chi connectivity index (χ1v) is 3.77. The predicted molar refractivity (Wildman–Crippen MR) is 37.3 cm³/mol. The average molecular weight is 129 g/mol. The van der Waals surface area contributed by atoms with Crippen LogP contribution in [0.2, 0.25) is 0 Å². The summed E-state index contributed by atoms with van der Waals surface area (Å²) in [6.45, 7) is 1.39. The van der Waals surface area contributed by atoms with Crippen LogP contribution in [0, 0.1) is 0 Å². The monoisotopic (exact) mass is 129 g/mol. The molecule has 0 amide bonds. The Hall–Kier alpha value is -0.0800. The maximum Gasteiger partial charge on any atom is 0.0584 e. The van der Waals surface area contributed by atoms with E-state index in [0.29, 0.717) is 12.6 Å². The Kier molecular flexibility index (Phi) is 3.01. The first kappa shape index (κ1) is 7.03. The Morgan fingerprint density at radius 1 is 1.33 bits per heavy atom. The summed E-state index contributed by atoms with van der Waals surface area (Å²) < 4.78 is 0. The van der Waals surface area contributed by atoms with Crippen LogP contribution in [0.15, 0.2) is 0 Å². The van der Waals surface area contributed by atoms with Gasteiger partial charge in [-0.05, 0) is 19.4 Å². The fourth-order valence-electron chi connectivity index (χ4n) is 1.26. The van der Waals surface area contributed by atoms with Crippen molar-refractivity contribution in [3.63, 3.8) is 0 Å². The van der Waals surface area contributed by atoms with Crippen LogP contribution in [0.5, 0.6) is 0 Å². The fourth-order valence-corrected chi connectivity index (χ4v) is 1.26. The Morgan fingerprint density at radius 2 is 2.22 bits per heavy atom. The Bertz CT molecular complexity index is 67.3. The molecule has 54 valence electrons. The standard InChI is InChI=1S/C7H15NO/c9-6-7-4-2-1-3-5-8-7/h7-9H,1-6H2/t7-/m1/s1. The molecule has 0 aromatic carbocycles. The molecule has 0 bridgehead atoms. The number of hydrogen-bond acceptors (Lipinski definition) is 2. The normalized spacial score (nSPS) is 29.7.